The second-order valence-electron chi connectivity index (χ2n) is 3.10. The van der Waals surface area contributed by atoms with Crippen LogP contribution in [0.3, 0.4) is 0 Å². The van der Waals surface area contributed by atoms with Gasteiger partial charge in [0, 0.05) is 13.0 Å². The normalized spacial score (nSPS) is 10.6. The first-order valence-electron chi connectivity index (χ1n) is 4.42. The topological polar surface area (TPSA) is 20.8 Å². The van der Waals surface area contributed by atoms with Crippen LogP contribution in [0.25, 0.3) is 0 Å². The molecule has 1 aromatic rings. The monoisotopic (exact) mass is 168 g/mol. The average molecular weight is 168 g/mol. The third-order valence-electron chi connectivity index (χ3n) is 2.20. The third kappa shape index (κ3) is 2.08. The predicted molar refractivity (Wildman–Crippen MR) is 48.9 cm³/mol. The van der Waals surface area contributed by atoms with Gasteiger partial charge in [0.05, 0.1) is 12.7 Å². The molecular formula is C9H18N3+. The molecule has 0 aliphatic carbocycles. The fraction of sp³-hybridized carbons (Fsp3) is 0.667. The summed E-state index contributed by atoms with van der Waals surface area (Å²) in [4.78, 5) is 0. The van der Waals surface area contributed by atoms with E-state index in [0.29, 0.717) is 0 Å². The van der Waals surface area contributed by atoms with E-state index in [4.69, 9.17) is 0 Å². The van der Waals surface area contributed by atoms with Gasteiger partial charge >= 0.3 is 0 Å². The maximum atomic E-state index is 3.14. The number of rotatable bonds is 4. The summed E-state index contributed by atoms with van der Waals surface area (Å²) in [6.45, 7) is 4.29. The first-order chi connectivity index (χ1) is 5.75. The Morgan fingerprint density at radius 1 is 1.58 bits per heavy atom. The summed E-state index contributed by atoms with van der Waals surface area (Å²) in [7, 11) is 4.08. The van der Waals surface area contributed by atoms with Crippen LogP contribution in [0.1, 0.15) is 12.1 Å². The number of hydrogen-bond donors (Lipinski definition) is 1. The van der Waals surface area contributed by atoms with E-state index in [1.807, 2.05) is 7.05 Å². The zero-order valence-electron chi connectivity index (χ0n) is 8.17. The largest absolute Gasteiger partial charge is 0.320 e. The van der Waals surface area contributed by atoms with Crippen molar-refractivity contribution in [2.45, 2.75) is 19.9 Å². The van der Waals surface area contributed by atoms with Crippen LogP contribution < -0.4 is 10.00 Å². The maximum absolute atomic E-state index is 3.14. The van der Waals surface area contributed by atoms with Crippen molar-refractivity contribution in [3.8, 4) is 0 Å². The molecule has 1 heterocycles. The molecule has 68 valence electrons. The Labute approximate surface area is 74.0 Å². The van der Waals surface area contributed by atoms with Crippen LogP contribution >= 0.6 is 0 Å². The van der Waals surface area contributed by atoms with E-state index < -0.39 is 0 Å². The Balaban J connectivity index is 2.46. The highest BCUT2D eigenvalue weighted by Crippen LogP contribution is 1.90. The Kier molecular flexibility index (Phi) is 3.29. The molecule has 0 saturated carbocycles. The summed E-state index contributed by atoms with van der Waals surface area (Å²) in [6, 6.07) is 2.14. The van der Waals surface area contributed by atoms with Crippen LogP contribution in [-0.2, 0) is 13.6 Å². The van der Waals surface area contributed by atoms with E-state index in [-0.39, 0.29) is 0 Å². The third-order valence-corrected chi connectivity index (χ3v) is 2.20. The van der Waals surface area contributed by atoms with Crippen molar-refractivity contribution in [2.24, 2.45) is 7.05 Å². The maximum Gasteiger partial charge on any atom is 0.204 e. The molecule has 1 N–H and O–H groups in total. The molecule has 0 unspecified atom stereocenters. The highest BCUT2D eigenvalue weighted by molar-refractivity contribution is 4.87. The molecule has 0 atom stereocenters. The van der Waals surface area contributed by atoms with Gasteiger partial charge in [0.15, 0.2) is 7.05 Å². The quantitative estimate of drug-likeness (QED) is 0.504. The van der Waals surface area contributed by atoms with E-state index in [0.717, 1.165) is 13.1 Å². The summed E-state index contributed by atoms with van der Waals surface area (Å²) >= 11 is 0. The van der Waals surface area contributed by atoms with Crippen LogP contribution in [-0.4, -0.2) is 18.3 Å². The molecule has 3 heteroatoms. The van der Waals surface area contributed by atoms with Crippen LogP contribution in [0.4, 0.5) is 0 Å². The Morgan fingerprint density at radius 3 is 2.83 bits per heavy atom. The number of nitrogens with one attached hydrogen (secondary N) is 1. The molecule has 0 saturated heterocycles. The van der Waals surface area contributed by atoms with Crippen molar-refractivity contribution in [1.82, 2.24) is 10.00 Å². The number of nitrogens with zero attached hydrogens (tertiary/aromatic N) is 2. The van der Waals surface area contributed by atoms with E-state index in [1.165, 1.54) is 12.1 Å². The van der Waals surface area contributed by atoms with Crippen LogP contribution in [0.2, 0.25) is 0 Å². The van der Waals surface area contributed by atoms with Crippen molar-refractivity contribution >= 4 is 0 Å². The summed E-state index contributed by atoms with van der Waals surface area (Å²) in [6.07, 6.45) is 3.31. The molecule has 0 aliphatic heterocycles. The van der Waals surface area contributed by atoms with Crippen molar-refractivity contribution in [3.63, 3.8) is 0 Å². The molecule has 1 rings (SSSR count). The molecule has 12 heavy (non-hydrogen) atoms. The molecule has 0 aliphatic rings. The van der Waals surface area contributed by atoms with Gasteiger partial charge in [-0.3, -0.25) is 0 Å². The van der Waals surface area contributed by atoms with Gasteiger partial charge in [0.2, 0.25) is 5.69 Å². The molecular weight excluding hydrogens is 150 g/mol. The van der Waals surface area contributed by atoms with Crippen molar-refractivity contribution in [3.05, 3.63) is 18.0 Å². The fourth-order valence-electron chi connectivity index (χ4n) is 1.25. The van der Waals surface area contributed by atoms with Gasteiger partial charge in [-0.1, -0.05) is 0 Å². The lowest BCUT2D eigenvalue weighted by atomic mass is 10.4. The molecule has 0 aromatic carbocycles. The number of aryl methyl sites for hydroxylation is 2. The molecule has 0 bridgehead atoms. The molecule has 0 spiro atoms. The van der Waals surface area contributed by atoms with E-state index in [2.05, 4.69) is 40.9 Å². The first-order valence-corrected chi connectivity index (χ1v) is 4.42. The molecule has 3 nitrogen and oxygen atoms in total. The van der Waals surface area contributed by atoms with Crippen molar-refractivity contribution < 1.29 is 4.68 Å². The van der Waals surface area contributed by atoms with E-state index in [1.54, 1.807) is 0 Å². The van der Waals surface area contributed by atoms with Gasteiger partial charge in [0.25, 0.3) is 0 Å². The Hall–Kier alpha value is -0.830. The molecule has 0 radical (unpaired) electrons. The summed E-state index contributed by atoms with van der Waals surface area (Å²) in [5.74, 6) is 0. The minimum absolute atomic E-state index is 1.08. The lowest BCUT2D eigenvalue weighted by Crippen LogP contribution is -2.41. The smallest absolute Gasteiger partial charge is 0.204 e. The lowest BCUT2D eigenvalue weighted by molar-refractivity contribution is -0.758. The van der Waals surface area contributed by atoms with Crippen molar-refractivity contribution in [1.29, 1.82) is 0 Å². The predicted octanol–water partition coefficient (Wildman–Crippen LogP) is 0.231. The molecule has 0 amide bonds. The summed E-state index contributed by atoms with van der Waals surface area (Å²) < 4.78 is 4.41. The SMILES string of the molecule is CNCCCn1ccc(C)[n+]1C. The van der Waals surface area contributed by atoms with Gasteiger partial charge in [-0.15, -0.1) is 4.68 Å². The van der Waals surface area contributed by atoms with Crippen LogP contribution in [0.15, 0.2) is 12.3 Å². The molecule has 1 aromatic heterocycles. The van der Waals surface area contributed by atoms with E-state index >= 15 is 0 Å². The van der Waals surface area contributed by atoms with Gasteiger partial charge in [0.1, 0.15) is 0 Å². The highest BCUT2D eigenvalue weighted by atomic mass is 15.4. The minimum atomic E-state index is 1.08. The van der Waals surface area contributed by atoms with Crippen LogP contribution in [0.5, 0.6) is 0 Å². The first kappa shape index (κ1) is 9.26. The second kappa shape index (κ2) is 4.26. The van der Waals surface area contributed by atoms with Gasteiger partial charge in [-0.25, -0.2) is 0 Å². The zero-order chi connectivity index (χ0) is 8.97. The fourth-order valence-corrected chi connectivity index (χ4v) is 1.25. The number of aromatic nitrogens is 2. The Bertz CT molecular complexity index is 240. The standard InChI is InChI=1S/C9H18N3/c1-9-5-8-12(11(9)3)7-4-6-10-2/h5,8,10H,4,6-7H2,1-3H3/q+1. The second-order valence-corrected chi connectivity index (χ2v) is 3.10. The van der Waals surface area contributed by atoms with Crippen molar-refractivity contribution in [2.75, 3.05) is 13.6 Å². The Morgan fingerprint density at radius 2 is 2.33 bits per heavy atom. The lowest BCUT2D eigenvalue weighted by Gasteiger charge is -1.99. The van der Waals surface area contributed by atoms with Gasteiger partial charge in [-0.2, -0.15) is 4.68 Å². The van der Waals surface area contributed by atoms with E-state index in [9.17, 15) is 0 Å². The van der Waals surface area contributed by atoms with Gasteiger partial charge in [-0.05, 0) is 20.0 Å². The number of hydrogen-bond acceptors (Lipinski definition) is 1. The highest BCUT2D eigenvalue weighted by Gasteiger charge is 2.05. The minimum Gasteiger partial charge on any atom is -0.320 e. The van der Waals surface area contributed by atoms with Gasteiger partial charge < -0.3 is 5.32 Å². The summed E-state index contributed by atoms with van der Waals surface area (Å²) in [5, 5.41) is 3.14. The average Bonchev–Trinajstić information content (AvgIpc) is 2.36. The zero-order valence-corrected chi connectivity index (χ0v) is 8.17. The van der Waals surface area contributed by atoms with Crippen LogP contribution in [0, 0.1) is 6.92 Å². The molecule has 0 fully saturated rings. The summed E-state index contributed by atoms with van der Waals surface area (Å²) in [5.41, 5.74) is 1.31.